The predicted molar refractivity (Wildman–Crippen MR) is 80.3 cm³/mol. The van der Waals surface area contributed by atoms with Gasteiger partial charge in [0.2, 0.25) is 5.91 Å². The summed E-state index contributed by atoms with van der Waals surface area (Å²) >= 11 is 11.9. The van der Waals surface area contributed by atoms with Crippen LogP contribution in [0.1, 0.15) is 31.4 Å². The molecule has 1 amide bonds. The van der Waals surface area contributed by atoms with E-state index in [4.69, 9.17) is 23.2 Å². The number of carbonyl (C=O) groups is 1. The zero-order valence-electron chi connectivity index (χ0n) is 11.2. The maximum atomic E-state index is 11.5. The number of aromatic hydroxyl groups is 1. The highest BCUT2D eigenvalue weighted by molar-refractivity contribution is 6.42. The van der Waals surface area contributed by atoms with Gasteiger partial charge in [-0.05, 0) is 37.9 Å². The first-order valence-electron chi connectivity index (χ1n) is 6.64. The van der Waals surface area contributed by atoms with Gasteiger partial charge in [-0.2, -0.15) is 0 Å². The van der Waals surface area contributed by atoms with Crippen LogP contribution in [0.4, 0.5) is 0 Å². The summed E-state index contributed by atoms with van der Waals surface area (Å²) in [7, 11) is 0. The minimum atomic E-state index is -0.246. The van der Waals surface area contributed by atoms with Crippen molar-refractivity contribution in [2.24, 2.45) is 5.92 Å². The van der Waals surface area contributed by atoms with Crippen molar-refractivity contribution >= 4 is 29.1 Å². The maximum Gasteiger partial charge on any atom is 0.217 e. The molecule has 6 heteroatoms. The minimum absolute atomic E-state index is 0.0664. The number of phenolic OH excluding ortho intramolecular Hbond substituents is 1. The van der Waals surface area contributed by atoms with E-state index in [2.05, 4.69) is 10.6 Å². The largest absolute Gasteiger partial charge is 0.508 e. The molecular formula is C14H18Cl2N2O2. The number of hydrogen-bond donors (Lipinski definition) is 3. The molecule has 1 atom stereocenters. The number of halogens is 2. The third-order valence-corrected chi connectivity index (χ3v) is 4.34. The third-order valence-electron chi connectivity index (χ3n) is 3.62. The van der Waals surface area contributed by atoms with Gasteiger partial charge in [-0.25, -0.2) is 0 Å². The fourth-order valence-corrected chi connectivity index (χ4v) is 2.98. The lowest BCUT2D eigenvalue weighted by atomic mass is 9.85. The molecule has 110 valence electrons. The molecule has 3 N–H and O–H groups in total. The molecular weight excluding hydrogens is 299 g/mol. The fourth-order valence-electron chi connectivity index (χ4n) is 2.65. The Kier molecular flexibility index (Phi) is 5.13. The second-order valence-electron chi connectivity index (χ2n) is 5.09. The molecule has 1 aliphatic heterocycles. The lowest BCUT2D eigenvalue weighted by Gasteiger charge is -2.32. The van der Waals surface area contributed by atoms with Crippen LogP contribution in [-0.4, -0.2) is 24.1 Å². The molecule has 1 aromatic rings. The number of benzene rings is 1. The van der Waals surface area contributed by atoms with Gasteiger partial charge in [0.15, 0.2) is 0 Å². The van der Waals surface area contributed by atoms with Gasteiger partial charge in [0.25, 0.3) is 0 Å². The molecule has 0 bridgehead atoms. The molecule has 0 radical (unpaired) electrons. The molecule has 0 aromatic heterocycles. The van der Waals surface area contributed by atoms with Crippen LogP contribution in [0.5, 0.6) is 5.75 Å². The summed E-state index contributed by atoms with van der Waals surface area (Å²) in [6.45, 7) is 3.29. The first-order valence-corrected chi connectivity index (χ1v) is 7.40. The standard InChI is InChI=1S/C14H18Cl2N2O2/c1-8(19)18-14(9-2-4-17-5-3-9)10-6-11(15)12(16)7-13(10)20/h6-7,9,14,17,20H,2-5H2,1H3,(H,18,19)/t14-/m1/s1. The van der Waals surface area contributed by atoms with Crippen molar-refractivity contribution in [2.45, 2.75) is 25.8 Å². The van der Waals surface area contributed by atoms with E-state index in [1.165, 1.54) is 13.0 Å². The van der Waals surface area contributed by atoms with E-state index in [-0.39, 0.29) is 23.6 Å². The molecule has 0 saturated carbocycles. The number of carbonyl (C=O) groups excluding carboxylic acids is 1. The quantitative estimate of drug-likeness (QED) is 0.803. The molecule has 0 spiro atoms. The normalized spacial score (nSPS) is 17.8. The average molecular weight is 317 g/mol. The average Bonchev–Trinajstić information content (AvgIpc) is 2.41. The Balaban J connectivity index is 2.34. The van der Waals surface area contributed by atoms with Crippen molar-refractivity contribution in [3.05, 3.63) is 27.7 Å². The summed E-state index contributed by atoms with van der Waals surface area (Å²) in [5.74, 6) is 0.207. The van der Waals surface area contributed by atoms with Crippen molar-refractivity contribution in [2.75, 3.05) is 13.1 Å². The molecule has 1 aromatic carbocycles. The van der Waals surface area contributed by atoms with Crippen LogP contribution in [0.25, 0.3) is 0 Å². The van der Waals surface area contributed by atoms with E-state index in [9.17, 15) is 9.90 Å². The number of phenols is 1. The highest BCUT2D eigenvalue weighted by Crippen LogP contribution is 2.38. The highest BCUT2D eigenvalue weighted by Gasteiger charge is 2.28. The maximum absolute atomic E-state index is 11.5. The molecule has 0 aliphatic carbocycles. The van der Waals surface area contributed by atoms with Crippen molar-refractivity contribution < 1.29 is 9.90 Å². The van der Waals surface area contributed by atoms with Crippen LogP contribution in [0, 0.1) is 5.92 Å². The van der Waals surface area contributed by atoms with E-state index in [1.54, 1.807) is 6.07 Å². The molecule has 1 fully saturated rings. The number of nitrogens with one attached hydrogen (secondary N) is 2. The van der Waals surface area contributed by atoms with Gasteiger partial charge in [-0.1, -0.05) is 23.2 Å². The predicted octanol–water partition coefficient (Wildman–Crippen LogP) is 2.88. The summed E-state index contributed by atoms with van der Waals surface area (Å²) in [5.41, 5.74) is 0.626. The van der Waals surface area contributed by atoms with Crippen LogP contribution in [0.2, 0.25) is 10.0 Å². The summed E-state index contributed by atoms with van der Waals surface area (Å²) < 4.78 is 0. The van der Waals surface area contributed by atoms with Gasteiger partial charge in [0, 0.05) is 18.6 Å². The van der Waals surface area contributed by atoms with Crippen LogP contribution in [-0.2, 0) is 4.79 Å². The smallest absolute Gasteiger partial charge is 0.217 e. The lowest BCUT2D eigenvalue weighted by Crippen LogP contribution is -2.38. The van der Waals surface area contributed by atoms with E-state index in [0.29, 0.717) is 15.6 Å². The second kappa shape index (κ2) is 6.66. The van der Waals surface area contributed by atoms with Crippen LogP contribution in [0.15, 0.2) is 12.1 Å². The Hall–Kier alpha value is -0.970. The molecule has 20 heavy (non-hydrogen) atoms. The van der Waals surface area contributed by atoms with Gasteiger partial charge in [0.05, 0.1) is 16.1 Å². The Labute approximate surface area is 128 Å². The van der Waals surface area contributed by atoms with Gasteiger partial charge >= 0.3 is 0 Å². The summed E-state index contributed by atoms with van der Waals surface area (Å²) in [4.78, 5) is 11.5. The Bertz CT molecular complexity index is 502. The van der Waals surface area contributed by atoms with E-state index < -0.39 is 0 Å². The van der Waals surface area contributed by atoms with Gasteiger partial charge in [-0.3, -0.25) is 4.79 Å². The van der Waals surface area contributed by atoms with Gasteiger partial charge in [-0.15, -0.1) is 0 Å². The van der Waals surface area contributed by atoms with E-state index in [1.807, 2.05) is 0 Å². The second-order valence-corrected chi connectivity index (χ2v) is 5.91. The molecule has 1 saturated heterocycles. The first kappa shape index (κ1) is 15.4. The Morgan fingerprint density at radius 2 is 1.95 bits per heavy atom. The zero-order valence-corrected chi connectivity index (χ0v) is 12.8. The third kappa shape index (κ3) is 3.57. The van der Waals surface area contributed by atoms with Crippen molar-refractivity contribution in [3.63, 3.8) is 0 Å². The monoisotopic (exact) mass is 316 g/mol. The Morgan fingerprint density at radius 1 is 1.35 bits per heavy atom. The SMILES string of the molecule is CC(=O)N[C@@H](c1cc(Cl)c(Cl)cc1O)C1CCNCC1. The van der Waals surface area contributed by atoms with E-state index in [0.717, 1.165) is 25.9 Å². The Morgan fingerprint density at radius 3 is 2.55 bits per heavy atom. The number of rotatable bonds is 3. The van der Waals surface area contributed by atoms with Crippen molar-refractivity contribution in [1.82, 2.24) is 10.6 Å². The van der Waals surface area contributed by atoms with Crippen molar-refractivity contribution in [3.8, 4) is 5.75 Å². The summed E-state index contributed by atoms with van der Waals surface area (Å²) in [6.07, 6.45) is 1.87. The highest BCUT2D eigenvalue weighted by atomic mass is 35.5. The number of piperidine rings is 1. The molecule has 2 rings (SSSR count). The number of hydrogen-bond acceptors (Lipinski definition) is 3. The summed E-state index contributed by atoms with van der Waals surface area (Å²) in [6, 6.07) is 2.82. The van der Waals surface area contributed by atoms with Gasteiger partial charge in [0.1, 0.15) is 5.75 Å². The van der Waals surface area contributed by atoms with Crippen LogP contribution >= 0.6 is 23.2 Å². The zero-order chi connectivity index (χ0) is 14.7. The summed E-state index contributed by atoms with van der Waals surface area (Å²) in [5, 5.41) is 17.0. The molecule has 1 heterocycles. The fraction of sp³-hybridized carbons (Fsp3) is 0.500. The van der Waals surface area contributed by atoms with Gasteiger partial charge < -0.3 is 15.7 Å². The molecule has 4 nitrogen and oxygen atoms in total. The minimum Gasteiger partial charge on any atom is -0.508 e. The molecule has 1 aliphatic rings. The number of amides is 1. The van der Waals surface area contributed by atoms with Crippen molar-refractivity contribution in [1.29, 1.82) is 0 Å². The van der Waals surface area contributed by atoms with Crippen LogP contribution in [0.3, 0.4) is 0 Å². The lowest BCUT2D eigenvalue weighted by molar-refractivity contribution is -0.120. The first-order chi connectivity index (χ1) is 9.49. The molecule has 0 unspecified atom stereocenters. The van der Waals surface area contributed by atoms with E-state index >= 15 is 0 Å². The van der Waals surface area contributed by atoms with Crippen LogP contribution < -0.4 is 10.6 Å². The topological polar surface area (TPSA) is 61.4 Å².